The zero-order valence-corrected chi connectivity index (χ0v) is 12.3. The van der Waals surface area contributed by atoms with Crippen LogP contribution in [0.1, 0.15) is 18.1 Å². The normalized spacial score (nSPS) is 21.7. The maximum atomic E-state index is 12.6. The molecule has 0 bridgehead atoms. The molecular weight excluding hydrogens is 294 g/mol. The Balaban J connectivity index is 1.87. The number of benzene rings is 2. The van der Waals surface area contributed by atoms with E-state index in [-0.39, 0.29) is 11.8 Å². The van der Waals surface area contributed by atoms with Crippen LogP contribution in [0.2, 0.25) is 0 Å². The highest BCUT2D eigenvalue weighted by molar-refractivity contribution is 6.10. The van der Waals surface area contributed by atoms with Crippen LogP contribution in [0.5, 0.6) is 0 Å². The van der Waals surface area contributed by atoms with Gasteiger partial charge in [0, 0.05) is 12.5 Å². The number of rotatable bonds is 1. The lowest BCUT2D eigenvalue weighted by Crippen LogP contribution is -2.49. The number of hydrogen-bond donors (Lipinski definition) is 1. The van der Waals surface area contributed by atoms with Crippen molar-refractivity contribution in [2.75, 3.05) is 5.32 Å². The Morgan fingerprint density at radius 1 is 1.13 bits per heavy atom. The summed E-state index contributed by atoms with van der Waals surface area (Å²) in [6, 6.07) is 16.3. The number of amides is 2. The lowest BCUT2D eigenvalue weighted by Gasteiger charge is -2.28. The Hall–Kier alpha value is -3.15. The van der Waals surface area contributed by atoms with Crippen molar-refractivity contribution < 1.29 is 14.3 Å². The van der Waals surface area contributed by atoms with Gasteiger partial charge < -0.3 is 10.1 Å². The van der Waals surface area contributed by atoms with Crippen molar-refractivity contribution in [3.63, 3.8) is 0 Å². The van der Waals surface area contributed by atoms with Crippen molar-refractivity contribution in [2.24, 2.45) is 5.10 Å². The fourth-order valence-electron chi connectivity index (χ4n) is 2.88. The predicted molar refractivity (Wildman–Crippen MR) is 83.3 cm³/mol. The summed E-state index contributed by atoms with van der Waals surface area (Å²) in [5, 5.41) is 8.12. The van der Waals surface area contributed by atoms with Crippen molar-refractivity contribution in [3.8, 4) is 0 Å². The van der Waals surface area contributed by atoms with Crippen LogP contribution in [0.3, 0.4) is 0 Å². The second-order valence-corrected chi connectivity index (χ2v) is 5.35. The van der Waals surface area contributed by atoms with Gasteiger partial charge in [0.2, 0.25) is 11.8 Å². The second kappa shape index (κ2) is 4.67. The Labute approximate surface area is 132 Å². The number of nitrogens with one attached hydrogen (secondary N) is 1. The van der Waals surface area contributed by atoms with Crippen molar-refractivity contribution >= 4 is 23.4 Å². The molecule has 0 fully saturated rings. The molecule has 6 nitrogen and oxygen atoms in total. The number of carbonyl (C=O) groups is 2. The average Bonchev–Trinajstić information content (AvgIpc) is 3.10. The molecule has 1 N–H and O–H groups in total. The van der Waals surface area contributed by atoms with Gasteiger partial charge in [-0.3, -0.25) is 9.59 Å². The van der Waals surface area contributed by atoms with Gasteiger partial charge in [-0.1, -0.05) is 36.4 Å². The fourth-order valence-corrected chi connectivity index (χ4v) is 2.88. The van der Waals surface area contributed by atoms with Gasteiger partial charge in [0.25, 0.3) is 5.91 Å². The highest BCUT2D eigenvalue weighted by Crippen LogP contribution is 2.45. The monoisotopic (exact) mass is 307 g/mol. The third kappa shape index (κ3) is 1.78. The summed E-state index contributed by atoms with van der Waals surface area (Å²) in [7, 11) is 0. The molecule has 1 atom stereocenters. The van der Waals surface area contributed by atoms with Crippen LogP contribution in [0.25, 0.3) is 0 Å². The molecule has 0 saturated carbocycles. The summed E-state index contributed by atoms with van der Waals surface area (Å²) < 4.78 is 5.95. The van der Waals surface area contributed by atoms with E-state index in [0.717, 1.165) is 5.01 Å². The van der Waals surface area contributed by atoms with Crippen LogP contribution >= 0.6 is 0 Å². The largest absolute Gasteiger partial charge is 0.433 e. The van der Waals surface area contributed by atoms with E-state index in [4.69, 9.17) is 4.74 Å². The quantitative estimate of drug-likeness (QED) is 0.876. The second-order valence-electron chi connectivity index (χ2n) is 5.35. The highest BCUT2D eigenvalue weighted by atomic mass is 16.6. The number of ether oxygens (including phenoxy) is 1. The van der Waals surface area contributed by atoms with E-state index < -0.39 is 11.6 Å². The van der Waals surface area contributed by atoms with Gasteiger partial charge in [-0.2, -0.15) is 5.01 Å². The first-order valence-electron chi connectivity index (χ1n) is 7.18. The molecule has 0 unspecified atom stereocenters. The summed E-state index contributed by atoms with van der Waals surface area (Å²) in [6.07, 6.45) is 0. The van der Waals surface area contributed by atoms with E-state index in [2.05, 4.69) is 10.4 Å². The Bertz CT molecular complexity index is 847. The van der Waals surface area contributed by atoms with Gasteiger partial charge in [-0.05, 0) is 18.2 Å². The van der Waals surface area contributed by atoms with E-state index in [1.54, 1.807) is 18.2 Å². The van der Waals surface area contributed by atoms with Crippen LogP contribution in [-0.4, -0.2) is 22.7 Å². The molecule has 2 aromatic rings. The van der Waals surface area contributed by atoms with Crippen LogP contribution in [0.4, 0.5) is 5.69 Å². The summed E-state index contributed by atoms with van der Waals surface area (Å²) in [4.78, 5) is 24.7. The van der Waals surface area contributed by atoms with Crippen molar-refractivity contribution in [1.82, 2.24) is 5.01 Å². The molecule has 2 aliphatic heterocycles. The highest BCUT2D eigenvalue weighted by Gasteiger charge is 2.59. The van der Waals surface area contributed by atoms with Gasteiger partial charge in [-0.25, -0.2) is 0 Å². The van der Waals surface area contributed by atoms with Gasteiger partial charge >= 0.3 is 5.72 Å². The molecule has 4 rings (SSSR count). The minimum atomic E-state index is -1.58. The predicted octanol–water partition coefficient (Wildman–Crippen LogP) is 2.03. The molecule has 2 aromatic carbocycles. The summed E-state index contributed by atoms with van der Waals surface area (Å²) in [5.41, 5.74) is 0.323. The van der Waals surface area contributed by atoms with E-state index >= 15 is 0 Å². The lowest BCUT2D eigenvalue weighted by molar-refractivity contribution is -0.160. The zero-order chi connectivity index (χ0) is 16.0. The molecule has 0 radical (unpaired) electrons. The molecule has 1 spiro atoms. The van der Waals surface area contributed by atoms with Crippen molar-refractivity contribution in [2.45, 2.75) is 12.6 Å². The molecule has 0 aliphatic carbocycles. The Kier molecular flexibility index (Phi) is 2.74. The van der Waals surface area contributed by atoms with Crippen molar-refractivity contribution in [3.05, 3.63) is 65.7 Å². The average molecular weight is 307 g/mol. The van der Waals surface area contributed by atoms with Crippen LogP contribution < -0.4 is 5.32 Å². The van der Waals surface area contributed by atoms with Crippen molar-refractivity contribution in [1.29, 1.82) is 0 Å². The number of fused-ring (bicyclic) bond motifs is 2. The van der Waals surface area contributed by atoms with Gasteiger partial charge in [-0.15, -0.1) is 5.10 Å². The van der Waals surface area contributed by atoms with Gasteiger partial charge in [0.15, 0.2) is 0 Å². The third-order valence-electron chi connectivity index (χ3n) is 3.90. The molecule has 2 aliphatic rings. The number of hydrogen-bond acceptors (Lipinski definition) is 4. The minimum absolute atomic E-state index is 0.243. The fraction of sp³-hybridized carbons (Fsp3) is 0.118. The number of nitrogens with zero attached hydrogens (tertiary/aromatic N) is 2. The first kappa shape index (κ1) is 13.5. The van der Waals surface area contributed by atoms with Gasteiger partial charge in [0.1, 0.15) is 0 Å². The Morgan fingerprint density at radius 2 is 1.83 bits per heavy atom. The van der Waals surface area contributed by atoms with Crippen LogP contribution in [0.15, 0.2) is 59.7 Å². The van der Waals surface area contributed by atoms with Crippen LogP contribution in [0, 0.1) is 0 Å². The Morgan fingerprint density at radius 3 is 2.57 bits per heavy atom. The molecule has 6 heteroatoms. The van der Waals surface area contributed by atoms with E-state index in [1.165, 1.54) is 6.92 Å². The number of para-hydroxylation sites is 1. The first-order chi connectivity index (χ1) is 11.1. The third-order valence-corrected chi connectivity index (χ3v) is 3.90. The minimum Gasteiger partial charge on any atom is -0.433 e. The molecular formula is C17H13N3O3. The smallest absolute Gasteiger partial charge is 0.314 e. The van der Waals surface area contributed by atoms with Crippen LogP contribution in [-0.2, 0) is 20.1 Å². The number of hydrazone groups is 1. The summed E-state index contributed by atoms with van der Waals surface area (Å²) in [5.74, 6) is -0.556. The molecule has 2 amide bonds. The zero-order valence-electron chi connectivity index (χ0n) is 12.3. The molecule has 0 aromatic heterocycles. The topological polar surface area (TPSA) is 71.0 Å². The number of carbonyl (C=O) groups excluding carboxylic acids is 2. The van der Waals surface area contributed by atoms with E-state index in [0.29, 0.717) is 16.8 Å². The van der Waals surface area contributed by atoms with E-state index in [1.807, 2.05) is 36.4 Å². The maximum absolute atomic E-state index is 12.6. The summed E-state index contributed by atoms with van der Waals surface area (Å²) in [6.45, 7) is 1.36. The standard InChI is InChI=1S/C17H13N3O3/c1-11(21)20-17(13-9-5-6-10-14(13)18-16(17)22)23-15(19-20)12-7-3-2-4-8-12/h2-10H,1H3,(H,18,22)/t17-/m1/s1. The SMILES string of the molecule is CC(=O)N1N=C(c2ccccc2)O[C@]12C(=O)Nc1ccccc12. The van der Waals surface area contributed by atoms with Gasteiger partial charge in [0.05, 0.1) is 11.3 Å². The number of anilines is 1. The molecule has 0 saturated heterocycles. The maximum Gasteiger partial charge on any atom is 0.314 e. The molecule has 2 heterocycles. The molecule has 114 valence electrons. The first-order valence-corrected chi connectivity index (χ1v) is 7.18. The molecule has 23 heavy (non-hydrogen) atoms. The lowest BCUT2D eigenvalue weighted by atomic mass is 10.0. The summed E-state index contributed by atoms with van der Waals surface area (Å²) >= 11 is 0. The van der Waals surface area contributed by atoms with E-state index in [9.17, 15) is 9.59 Å².